The molecule has 0 aromatic heterocycles. The van der Waals surface area contributed by atoms with Gasteiger partial charge in [0.05, 0.1) is 0 Å². The molecule has 2 heterocycles. The van der Waals surface area contributed by atoms with Crippen molar-refractivity contribution in [2.24, 2.45) is 0 Å². The SMILES string of the molecule is CN1C(=O)C2(SCCS2)c2ccccc21. The molecule has 0 radical (unpaired) electrons. The summed E-state index contributed by atoms with van der Waals surface area (Å²) in [5.41, 5.74) is 2.26. The molecule has 1 fully saturated rings. The Morgan fingerprint density at radius 3 is 2.67 bits per heavy atom. The number of hydrogen-bond donors (Lipinski definition) is 0. The molecule has 2 aliphatic heterocycles. The zero-order valence-electron chi connectivity index (χ0n) is 8.40. The van der Waals surface area contributed by atoms with Gasteiger partial charge in [-0.15, -0.1) is 23.5 Å². The van der Waals surface area contributed by atoms with E-state index < -0.39 is 0 Å². The second-order valence-electron chi connectivity index (χ2n) is 3.69. The summed E-state index contributed by atoms with van der Waals surface area (Å²) in [6, 6.07) is 8.13. The van der Waals surface area contributed by atoms with E-state index >= 15 is 0 Å². The average Bonchev–Trinajstić information content (AvgIpc) is 2.83. The maximum atomic E-state index is 12.3. The van der Waals surface area contributed by atoms with Gasteiger partial charge in [-0.2, -0.15) is 0 Å². The van der Waals surface area contributed by atoms with Gasteiger partial charge in [-0.1, -0.05) is 18.2 Å². The number of hydrogen-bond acceptors (Lipinski definition) is 3. The van der Waals surface area contributed by atoms with E-state index in [4.69, 9.17) is 0 Å². The van der Waals surface area contributed by atoms with Crippen LogP contribution in [0, 0.1) is 0 Å². The van der Waals surface area contributed by atoms with Gasteiger partial charge < -0.3 is 4.90 Å². The molecule has 0 bridgehead atoms. The van der Waals surface area contributed by atoms with Crippen molar-refractivity contribution < 1.29 is 4.79 Å². The normalized spacial score (nSPS) is 22.5. The van der Waals surface area contributed by atoms with E-state index in [0.29, 0.717) is 0 Å². The molecule has 1 amide bonds. The van der Waals surface area contributed by atoms with E-state index in [9.17, 15) is 4.79 Å². The Morgan fingerprint density at radius 2 is 1.93 bits per heavy atom. The summed E-state index contributed by atoms with van der Waals surface area (Å²) in [7, 11) is 1.87. The first-order valence-corrected chi connectivity index (χ1v) is 6.88. The Morgan fingerprint density at radius 1 is 1.27 bits per heavy atom. The summed E-state index contributed by atoms with van der Waals surface area (Å²) in [5, 5.41) is 0. The molecule has 3 rings (SSSR count). The third kappa shape index (κ3) is 1.12. The van der Waals surface area contributed by atoms with Crippen LogP contribution >= 0.6 is 23.5 Å². The summed E-state index contributed by atoms with van der Waals surface area (Å²) in [5.74, 6) is 2.37. The largest absolute Gasteiger partial charge is 0.313 e. The fraction of sp³-hybridized carbons (Fsp3) is 0.364. The van der Waals surface area contributed by atoms with Crippen LogP contribution < -0.4 is 4.90 Å². The highest BCUT2D eigenvalue weighted by molar-refractivity contribution is 8.21. The van der Waals surface area contributed by atoms with Crippen molar-refractivity contribution in [1.29, 1.82) is 0 Å². The lowest BCUT2D eigenvalue weighted by Gasteiger charge is -2.19. The molecule has 1 spiro atoms. The summed E-state index contributed by atoms with van der Waals surface area (Å²) in [6.45, 7) is 0. The van der Waals surface area contributed by atoms with Crippen molar-refractivity contribution in [1.82, 2.24) is 0 Å². The third-order valence-electron chi connectivity index (χ3n) is 2.90. The molecule has 15 heavy (non-hydrogen) atoms. The molecule has 1 aromatic rings. The van der Waals surface area contributed by atoms with Crippen LogP contribution in [0.5, 0.6) is 0 Å². The van der Waals surface area contributed by atoms with Crippen molar-refractivity contribution in [3.63, 3.8) is 0 Å². The van der Waals surface area contributed by atoms with Gasteiger partial charge in [0.15, 0.2) is 4.08 Å². The van der Waals surface area contributed by atoms with Gasteiger partial charge in [-0.05, 0) is 6.07 Å². The molecule has 4 heteroatoms. The summed E-state index contributed by atoms with van der Waals surface area (Å²) in [4.78, 5) is 14.1. The van der Waals surface area contributed by atoms with E-state index in [1.165, 1.54) is 5.56 Å². The number of nitrogens with zero attached hydrogens (tertiary/aromatic N) is 1. The van der Waals surface area contributed by atoms with Gasteiger partial charge in [-0.3, -0.25) is 4.79 Å². The molecule has 2 aliphatic rings. The van der Waals surface area contributed by atoms with E-state index in [0.717, 1.165) is 17.2 Å². The van der Waals surface area contributed by atoms with Crippen LogP contribution in [0.25, 0.3) is 0 Å². The molecule has 0 saturated carbocycles. The van der Waals surface area contributed by atoms with Gasteiger partial charge in [0.2, 0.25) is 0 Å². The van der Waals surface area contributed by atoms with Crippen molar-refractivity contribution in [3.8, 4) is 0 Å². The monoisotopic (exact) mass is 237 g/mol. The minimum atomic E-state index is -0.328. The molecule has 1 aromatic carbocycles. The molecule has 2 nitrogen and oxygen atoms in total. The van der Waals surface area contributed by atoms with Crippen LogP contribution in [-0.4, -0.2) is 24.5 Å². The highest BCUT2D eigenvalue weighted by Crippen LogP contribution is 2.58. The Balaban J connectivity index is 2.22. The highest BCUT2D eigenvalue weighted by Gasteiger charge is 2.52. The Kier molecular flexibility index (Phi) is 2.04. The first-order chi connectivity index (χ1) is 7.26. The number of fused-ring (bicyclic) bond motifs is 2. The lowest BCUT2D eigenvalue weighted by atomic mass is 10.1. The Labute approximate surface area is 97.4 Å². The molecule has 78 valence electrons. The van der Waals surface area contributed by atoms with E-state index in [1.807, 2.05) is 25.2 Å². The van der Waals surface area contributed by atoms with Gasteiger partial charge in [0.25, 0.3) is 5.91 Å². The number of para-hydroxylation sites is 1. The van der Waals surface area contributed by atoms with E-state index in [1.54, 1.807) is 28.4 Å². The fourth-order valence-corrected chi connectivity index (χ4v) is 5.43. The first-order valence-electron chi connectivity index (χ1n) is 4.91. The number of carbonyl (C=O) groups is 1. The van der Waals surface area contributed by atoms with Crippen LogP contribution in [0.15, 0.2) is 24.3 Å². The lowest BCUT2D eigenvalue weighted by Crippen LogP contribution is -2.31. The molecular formula is C11H11NOS2. The second kappa shape index (κ2) is 3.19. The number of amides is 1. The zero-order valence-corrected chi connectivity index (χ0v) is 10.0. The van der Waals surface area contributed by atoms with Crippen LogP contribution in [0.4, 0.5) is 5.69 Å². The first kappa shape index (κ1) is 9.60. The quantitative estimate of drug-likeness (QED) is 0.690. The van der Waals surface area contributed by atoms with Crippen molar-refractivity contribution in [3.05, 3.63) is 29.8 Å². The molecule has 1 saturated heterocycles. The molecule has 0 unspecified atom stereocenters. The summed E-state index contributed by atoms with van der Waals surface area (Å²) in [6.07, 6.45) is 0. The van der Waals surface area contributed by atoms with Crippen LogP contribution in [0.1, 0.15) is 5.56 Å². The van der Waals surface area contributed by atoms with Crippen molar-refractivity contribution in [2.45, 2.75) is 4.08 Å². The number of anilines is 1. The molecule has 0 aliphatic carbocycles. The van der Waals surface area contributed by atoms with Gasteiger partial charge >= 0.3 is 0 Å². The molecular weight excluding hydrogens is 226 g/mol. The minimum absolute atomic E-state index is 0.233. The number of rotatable bonds is 0. The van der Waals surface area contributed by atoms with Crippen molar-refractivity contribution >= 4 is 35.1 Å². The maximum absolute atomic E-state index is 12.3. The fourth-order valence-electron chi connectivity index (χ4n) is 2.18. The standard InChI is InChI=1S/C11H11NOS2/c1-12-9-5-3-2-4-8(9)11(10(12)13)14-6-7-15-11/h2-5H,6-7H2,1H3. The van der Waals surface area contributed by atoms with E-state index in [2.05, 4.69) is 6.07 Å². The van der Waals surface area contributed by atoms with Crippen LogP contribution in [-0.2, 0) is 8.87 Å². The number of thioether (sulfide) groups is 2. The van der Waals surface area contributed by atoms with Gasteiger partial charge in [-0.25, -0.2) is 0 Å². The average molecular weight is 237 g/mol. The highest BCUT2D eigenvalue weighted by atomic mass is 32.2. The lowest BCUT2D eigenvalue weighted by molar-refractivity contribution is -0.118. The number of benzene rings is 1. The Bertz CT molecular complexity index is 426. The van der Waals surface area contributed by atoms with Crippen LogP contribution in [0.2, 0.25) is 0 Å². The molecule has 0 atom stereocenters. The Hall–Kier alpha value is -0.610. The number of likely N-dealkylation sites (N-methyl/N-ethyl adjacent to an activating group) is 1. The van der Waals surface area contributed by atoms with Crippen LogP contribution in [0.3, 0.4) is 0 Å². The topological polar surface area (TPSA) is 20.3 Å². The molecule has 0 N–H and O–H groups in total. The zero-order chi connectivity index (χ0) is 10.5. The summed E-state index contributed by atoms with van der Waals surface area (Å²) >= 11 is 3.56. The number of carbonyl (C=O) groups excluding carboxylic acids is 1. The van der Waals surface area contributed by atoms with Crippen molar-refractivity contribution in [2.75, 3.05) is 23.5 Å². The van der Waals surface area contributed by atoms with Gasteiger partial charge in [0, 0.05) is 29.8 Å². The maximum Gasteiger partial charge on any atom is 0.257 e. The smallest absolute Gasteiger partial charge is 0.257 e. The summed E-state index contributed by atoms with van der Waals surface area (Å²) < 4.78 is -0.328. The van der Waals surface area contributed by atoms with Gasteiger partial charge in [0.1, 0.15) is 0 Å². The second-order valence-corrected chi connectivity index (χ2v) is 6.57. The predicted molar refractivity (Wildman–Crippen MR) is 66.4 cm³/mol. The predicted octanol–water partition coefficient (Wildman–Crippen LogP) is 2.30. The third-order valence-corrected chi connectivity index (χ3v) is 6.28. The van der Waals surface area contributed by atoms with E-state index in [-0.39, 0.29) is 9.99 Å². The minimum Gasteiger partial charge on any atom is -0.313 e.